The van der Waals surface area contributed by atoms with Crippen LogP contribution in [0.15, 0.2) is 12.3 Å². The van der Waals surface area contributed by atoms with E-state index in [0.717, 1.165) is 25.1 Å². The lowest BCUT2D eigenvalue weighted by Crippen LogP contribution is -2.15. The van der Waals surface area contributed by atoms with Gasteiger partial charge in [0.1, 0.15) is 0 Å². The normalized spacial score (nSPS) is 15.9. The molecule has 0 aliphatic carbocycles. The van der Waals surface area contributed by atoms with Gasteiger partial charge in [0.2, 0.25) is 0 Å². The molecule has 2 unspecified atom stereocenters. The van der Waals surface area contributed by atoms with Crippen LogP contribution in [0, 0.1) is 11.3 Å². The van der Waals surface area contributed by atoms with Crippen molar-refractivity contribution < 1.29 is 5.11 Å². The second-order valence-corrected chi connectivity index (χ2v) is 6.19. The summed E-state index contributed by atoms with van der Waals surface area (Å²) in [5.41, 5.74) is 1.26. The van der Waals surface area contributed by atoms with Crippen molar-refractivity contribution in [2.75, 3.05) is 0 Å². The standard InChI is InChI=1S/C14H26N2O/c1-6-16-12(7-8-15-16)13(17)9-11(2)10-14(3,4)5/h7-8,11,13,17H,6,9-10H2,1-5H3. The smallest absolute Gasteiger partial charge is 0.0959 e. The van der Waals surface area contributed by atoms with Crippen LogP contribution >= 0.6 is 0 Å². The molecule has 0 aliphatic rings. The van der Waals surface area contributed by atoms with E-state index in [0.29, 0.717) is 11.3 Å². The van der Waals surface area contributed by atoms with Crippen molar-refractivity contribution in [1.29, 1.82) is 0 Å². The summed E-state index contributed by atoms with van der Waals surface area (Å²) in [5.74, 6) is 0.519. The molecule has 0 saturated heterocycles. The van der Waals surface area contributed by atoms with Gasteiger partial charge >= 0.3 is 0 Å². The summed E-state index contributed by atoms with van der Waals surface area (Å²) in [6, 6.07) is 1.91. The minimum atomic E-state index is -0.394. The van der Waals surface area contributed by atoms with Gasteiger partial charge in [0, 0.05) is 12.7 Å². The number of aliphatic hydroxyl groups excluding tert-OH is 1. The molecule has 2 atom stereocenters. The fourth-order valence-corrected chi connectivity index (χ4v) is 2.52. The third-order valence-corrected chi connectivity index (χ3v) is 2.98. The molecular formula is C14H26N2O. The van der Waals surface area contributed by atoms with Gasteiger partial charge in [-0.15, -0.1) is 0 Å². The molecule has 17 heavy (non-hydrogen) atoms. The molecule has 98 valence electrons. The Labute approximate surface area is 105 Å². The molecule has 1 heterocycles. The highest BCUT2D eigenvalue weighted by atomic mass is 16.3. The van der Waals surface area contributed by atoms with Crippen molar-refractivity contribution in [3.63, 3.8) is 0 Å². The van der Waals surface area contributed by atoms with Gasteiger partial charge in [0.15, 0.2) is 0 Å². The second-order valence-electron chi connectivity index (χ2n) is 6.19. The van der Waals surface area contributed by atoms with Crippen molar-refractivity contribution in [3.05, 3.63) is 18.0 Å². The Morgan fingerprint density at radius 3 is 2.59 bits per heavy atom. The Kier molecular flexibility index (Phi) is 4.75. The molecule has 0 aromatic carbocycles. The third-order valence-electron chi connectivity index (χ3n) is 2.98. The number of aryl methyl sites for hydroxylation is 1. The van der Waals surface area contributed by atoms with Crippen molar-refractivity contribution in [3.8, 4) is 0 Å². The maximum atomic E-state index is 10.2. The molecule has 1 N–H and O–H groups in total. The maximum absolute atomic E-state index is 10.2. The fourth-order valence-electron chi connectivity index (χ4n) is 2.52. The molecule has 0 spiro atoms. The Morgan fingerprint density at radius 2 is 2.06 bits per heavy atom. The summed E-state index contributed by atoms with van der Waals surface area (Å²) in [7, 11) is 0. The second kappa shape index (κ2) is 5.67. The van der Waals surface area contributed by atoms with Crippen molar-refractivity contribution >= 4 is 0 Å². The predicted octanol–water partition coefficient (Wildman–Crippen LogP) is 3.40. The molecule has 1 aromatic rings. The van der Waals surface area contributed by atoms with Crippen molar-refractivity contribution in [1.82, 2.24) is 9.78 Å². The van der Waals surface area contributed by atoms with Crippen LogP contribution in [0.4, 0.5) is 0 Å². The van der Waals surface area contributed by atoms with E-state index in [1.54, 1.807) is 6.20 Å². The summed E-state index contributed by atoms with van der Waals surface area (Å²) >= 11 is 0. The summed E-state index contributed by atoms with van der Waals surface area (Å²) < 4.78 is 1.87. The van der Waals surface area contributed by atoms with Gasteiger partial charge in [-0.1, -0.05) is 27.7 Å². The van der Waals surface area contributed by atoms with E-state index in [1.807, 2.05) is 17.7 Å². The summed E-state index contributed by atoms with van der Waals surface area (Å²) in [5, 5.41) is 14.4. The average Bonchev–Trinajstić information content (AvgIpc) is 2.61. The monoisotopic (exact) mass is 238 g/mol. The molecule has 1 aromatic heterocycles. The fraction of sp³-hybridized carbons (Fsp3) is 0.786. The third kappa shape index (κ3) is 4.50. The number of aromatic nitrogens is 2. The first kappa shape index (κ1) is 14.2. The molecule has 0 fully saturated rings. The van der Waals surface area contributed by atoms with Crippen LogP contribution in [0.25, 0.3) is 0 Å². The quantitative estimate of drug-likeness (QED) is 0.853. The highest BCUT2D eigenvalue weighted by Gasteiger charge is 2.20. The summed E-state index contributed by atoms with van der Waals surface area (Å²) in [6.07, 6.45) is 3.30. The lowest BCUT2D eigenvalue weighted by atomic mass is 9.83. The van der Waals surface area contributed by atoms with Crippen LogP contribution in [-0.4, -0.2) is 14.9 Å². The van der Waals surface area contributed by atoms with Crippen LogP contribution in [0.1, 0.15) is 59.3 Å². The molecule has 0 saturated carbocycles. The SMILES string of the molecule is CCn1nccc1C(O)CC(C)CC(C)(C)C. The number of rotatable bonds is 5. The van der Waals surface area contributed by atoms with E-state index >= 15 is 0 Å². The molecular weight excluding hydrogens is 212 g/mol. The van der Waals surface area contributed by atoms with Crippen molar-refractivity contribution in [2.24, 2.45) is 11.3 Å². The Bertz CT molecular complexity index is 338. The highest BCUT2D eigenvalue weighted by Crippen LogP contribution is 2.30. The van der Waals surface area contributed by atoms with Crippen LogP contribution in [0.3, 0.4) is 0 Å². The van der Waals surface area contributed by atoms with Gasteiger partial charge in [0.25, 0.3) is 0 Å². The van der Waals surface area contributed by atoms with Crippen LogP contribution < -0.4 is 0 Å². The maximum Gasteiger partial charge on any atom is 0.0959 e. The minimum absolute atomic E-state index is 0.324. The molecule has 0 amide bonds. The van der Waals surface area contributed by atoms with E-state index in [-0.39, 0.29) is 0 Å². The Balaban J connectivity index is 2.57. The lowest BCUT2D eigenvalue weighted by molar-refractivity contribution is 0.125. The molecule has 3 nitrogen and oxygen atoms in total. The summed E-state index contributed by atoms with van der Waals surface area (Å²) in [6.45, 7) is 11.8. The van der Waals surface area contributed by atoms with Gasteiger partial charge < -0.3 is 5.11 Å². The summed E-state index contributed by atoms with van der Waals surface area (Å²) in [4.78, 5) is 0. The molecule has 3 heteroatoms. The van der Waals surface area contributed by atoms with Gasteiger partial charge in [0.05, 0.1) is 11.8 Å². The topological polar surface area (TPSA) is 38.0 Å². The lowest BCUT2D eigenvalue weighted by Gasteiger charge is -2.25. The van der Waals surface area contributed by atoms with E-state index in [9.17, 15) is 5.11 Å². The number of hydrogen-bond donors (Lipinski definition) is 1. The van der Waals surface area contributed by atoms with Gasteiger partial charge in [-0.25, -0.2) is 0 Å². The average molecular weight is 238 g/mol. The van der Waals surface area contributed by atoms with Gasteiger partial charge in [-0.3, -0.25) is 4.68 Å². The number of hydrogen-bond acceptors (Lipinski definition) is 2. The largest absolute Gasteiger partial charge is 0.387 e. The zero-order chi connectivity index (χ0) is 13.1. The first-order valence-corrected chi connectivity index (χ1v) is 6.53. The predicted molar refractivity (Wildman–Crippen MR) is 70.7 cm³/mol. The number of aliphatic hydroxyl groups is 1. The van der Waals surface area contributed by atoms with Crippen LogP contribution in [0.2, 0.25) is 0 Å². The van der Waals surface area contributed by atoms with E-state index < -0.39 is 6.10 Å². The van der Waals surface area contributed by atoms with Crippen molar-refractivity contribution in [2.45, 2.75) is 60.1 Å². The van der Waals surface area contributed by atoms with Gasteiger partial charge in [-0.2, -0.15) is 5.10 Å². The molecule has 0 radical (unpaired) electrons. The molecule has 0 bridgehead atoms. The highest BCUT2D eigenvalue weighted by molar-refractivity contribution is 5.04. The van der Waals surface area contributed by atoms with E-state index in [2.05, 4.69) is 32.8 Å². The van der Waals surface area contributed by atoms with Crippen LogP contribution in [-0.2, 0) is 6.54 Å². The van der Waals surface area contributed by atoms with E-state index in [1.165, 1.54) is 0 Å². The Morgan fingerprint density at radius 1 is 1.41 bits per heavy atom. The zero-order valence-electron chi connectivity index (χ0n) is 11.8. The first-order chi connectivity index (χ1) is 7.83. The zero-order valence-corrected chi connectivity index (χ0v) is 11.8. The Hall–Kier alpha value is -0.830. The van der Waals surface area contributed by atoms with E-state index in [4.69, 9.17) is 0 Å². The minimum Gasteiger partial charge on any atom is -0.387 e. The van der Waals surface area contributed by atoms with Crippen LogP contribution in [0.5, 0.6) is 0 Å². The molecule has 0 aliphatic heterocycles. The molecule has 1 rings (SSSR count). The van der Waals surface area contributed by atoms with Gasteiger partial charge in [-0.05, 0) is 37.2 Å². The number of nitrogens with zero attached hydrogens (tertiary/aromatic N) is 2. The first-order valence-electron chi connectivity index (χ1n) is 6.53.